The minimum absolute atomic E-state index is 0.163. The van der Waals surface area contributed by atoms with Crippen LogP contribution in [0.1, 0.15) is 35.4 Å². The second kappa shape index (κ2) is 7.34. The van der Waals surface area contributed by atoms with Gasteiger partial charge < -0.3 is 5.32 Å². The molecular formula is C16H19BrFNS. The summed E-state index contributed by atoms with van der Waals surface area (Å²) in [6.45, 7) is 5.12. The first-order valence-corrected chi connectivity index (χ1v) is 8.49. The van der Waals surface area contributed by atoms with Crippen LogP contribution in [0.5, 0.6) is 0 Å². The Balaban J connectivity index is 2.24. The summed E-state index contributed by atoms with van der Waals surface area (Å²) < 4.78 is 14.7. The van der Waals surface area contributed by atoms with E-state index in [4.69, 9.17) is 0 Å². The van der Waals surface area contributed by atoms with Crippen LogP contribution >= 0.6 is 27.3 Å². The van der Waals surface area contributed by atoms with Gasteiger partial charge in [-0.3, -0.25) is 0 Å². The van der Waals surface area contributed by atoms with Crippen LogP contribution in [-0.2, 0) is 6.42 Å². The molecule has 1 heterocycles. The van der Waals surface area contributed by atoms with Gasteiger partial charge in [-0.05, 0) is 65.1 Å². The molecule has 2 rings (SSSR count). The molecule has 108 valence electrons. The van der Waals surface area contributed by atoms with Crippen molar-refractivity contribution in [2.75, 3.05) is 6.54 Å². The summed E-state index contributed by atoms with van der Waals surface area (Å²) in [7, 11) is 0. The molecule has 0 fully saturated rings. The number of benzene rings is 1. The molecule has 4 heteroatoms. The quantitative estimate of drug-likeness (QED) is 0.746. The van der Waals surface area contributed by atoms with Crippen LogP contribution in [0.2, 0.25) is 0 Å². The molecule has 0 bridgehead atoms. The van der Waals surface area contributed by atoms with Crippen LogP contribution in [-0.4, -0.2) is 6.54 Å². The third-order valence-electron chi connectivity index (χ3n) is 3.28. The first-order valence-electron chi connectivity index (χ1n) is 6.82. The zero-order chi connectivity index (χ0) is 14.5. The fraction of sp³-hybridized carbons (Fsp3) is 0.375. The molecule has 0 aliphatic rings. The van der Waals surface area contributed by atoms with Crippen molar-refractivity contribution in [1.82, 2.24) is 5.32 Å². The molecule has 0 saturated carbocycles. The Hall–Kier alpha value is -0.710. The Bertz CT molecular complexity index is 567. The molecule has 1 N–H and O–H groups in total. The molecule has 0 radical (unpaired) electrons. The van der Waals surface area contributed by atoms with Crippen molar-refractivity contribution in [3.63, 3.8) is 0 Å². The van der Waals surface area contributed by atoms with Gasteiger partial charge in [-0.2, -0.15) is 0 Å². The summed E-state index contributed by atoms with van der Waals surface area (Å²) >= 11 is 5.22. The average Bonchev–Trinajstić information content (AvgIpc) is 2.83. The topological polar surface area (TPSA) is 12.0 Å². The van der Waals surface area contributed by atoms with Crippen LogP contribution < -0.4 is 5.32 Å². The second-order valence-corrected chi connectivity index (χ2v) is 6.85. The number of halogens is 2. The molecule has 0 amide bonds. The lowest BCUT2D eigenvalue weighted by Gasteiger charge is -2.20. The normalized spacial score (nSPS) is 12.6. The molecule has 1 atom stereocenters. The van der Waals surface area contributed by atoms with Gasteiger partial charge in [0.05, 0.1) is 0 Å². The first kappa shape index (κ1) is 15.7. The molecule has 0 saturated heterocycles. The monoisotopic (exact) mass is 355 g/mol. The van der Waals surface area contributed by atoms with Gasteiger partial charge in [0.2, 0.25) is 0 Å². The van der Waals surface area contributed by atoms with E-state index in [1.807, 2.05) is 13.0 Å². The molecular weight excluding hydrogens is 337 g/mol. The highest BCUT2D eigenvalue weighted by Crippen LogP contribution is 2.27. The number of thiophene rings is 1. The minimum Gasteiger partial charge on any atom is -0.310 e. The Morgan fingerprint density at radius 2 is 2.15 bits per heavy atom. The van der Waals surface area contributed by atoms with Crippen LogP contribution in [0.3, 0.4) is 0 Å². The van der Waals surface area contributed by atoms with E-state index < -0.39 is 0 Å². The fourth-order valence-electron chi connectivity index (χ4n) is 2.26. The van der Waals surface area contributed by atoms with Gasteiger partial charge in [-0.25, -0.2) is 4.39 Å². The van der Waals surface area contributed by atoms with E-state index in [2.05, 4.69) is 39.6 Å². The fourth-order valence-corrected chi connectivity index (χ4v) is 3.76. The predicted octanol–water partition coefficient (Wildman–Crippen LogP) is 5.24. The van der Waals surface area contributed by atoms with E-state index in [0.717, 1.165) is 35.0 Å². The zero-order valence-electron chi connectivity index (χ0n) is 11.7. The maximum Gasteiger partial charge on any atom is 0.123 e. The number of hydrogen-bond acceptors (Lipinski definition) is 2. The van der Waals surface area contributed by atoms with Crippen molar-refractivity contribution in [3.8, 4) is 0 Å². The van der Waals surface area contributed by atoms with Crippen LogP contribution in [0, 0.1) is 12.7 Å². The molecule has 0 aliphatic heterocycles. The standard InChI is InChI=1S/C16H19BrFNS/c1-3-6-19-16(9-14-7-12(17)10-20-14)15-8-13(18)5-4-11(15)2/h4-5,7-8,10,16,19H,3,6,9H2,1-2H3. The maximum absolute atomic E-state index is 13.5. The predicted molar refractivity (Wildman–Crippen MR) is 87.9 cm³/mol. The van der Waals surface area contributed by atoms with Crippen LogP contribution in [0.4, 0.5) is 4.39 Å². The summed E-state index contributed by atoms with van der Waals surface area (Å²) in [5, 5.41) is 5.62. The lowest BCUT2D eigenvalue weighted by atomic mass is 9.98. The molecule has 1 unspecified atom stereocenters. The maximum atomic E-state index is 13.5. The zero-order valence-corrected chi connectivity index (χ0v) is 14.2. The number of nitrogens with one attached hydrogen (secondary N) is 1. The summed E-state index contributed by atoms with van der Waals surface area (Å²) in [5.41, 5.74) is 2.19. The van der Waals surface area contributed by atoms with Crippen molar-refractivity contribution in [3.05, 3.63) is 55.9 Å². The summed E-state index contributed by atoms with van der Waals surface area (Å²) in [4.78, 5) is 1.30. The molecule has 1 aromatic heterocycles. The van der Waals surface area contributed by atoms with E-state index in [0.29, 0.717) is 0 Å². The van der Waals surface area contributed by atoms with E-state index >= 15 is 0 Å². The Kier molecular flexibility index (Phi) is 5.75. The van der Waals surface area contributed by atoms with Gasteiger partial charge in [0.25, 0.3) is 0 Å². The Morgan fingerprint density at radius 1 is 1.35 bits per heavy atom. The van der Waals surface area contributed by atoms with Crippen molar-refractivity contribution < 1.29 is 4.39 Å². The Morgan fingerprint density at radius 3 is 2.80 bits per heavy atom. The van der Waals surface area contributed by atoms with Gasteiger partial charge in [-0.15, -0.1) is 11.3 Å². The van der Waals surface area contributed by atoms with Gasteiger partial charge in [0, 0.05) is 27.2 Å². The van der Waals surface area contributed by atoms with Crippen LogP contribution in [0.15, 0.2) is 34.1 Å². The summed E-state index contributed by atoms with van der Waals surface area (Å²) in [6, 6.07) is 7.34. The second-order valence-electron chi connectivity index (χ2n) is 4.94. The lowest BCUT2D eigenvalue weighted by Crippen LogP contribution is -2.24. The summed E-state index contributed by atoms with van der Waals surface area (Å²) in [6.07, 6.45) is 1.96. The molecule has 1 nitrogen and oxygen atoms in total. The van der Waals surface area contributed by atoms with Crippen molar-refractivity contribution in [2.45, 2.75) is 32.7 Å². The van der Waals surface area contributed by atoms with Crippen molar-refractivity contribution in [1.29, 1.82) is 0 Å². The van der Waals surface area contributed by atoms with Gasteiger partial charge in [0.15, 0.2) is 0 Å². The van der Waals surface area contributed by atoms with Gasteiger partial charge in [-0.1, -0.05) is 13.0 Å². The molecule has 2 aromatic rings. The third-order valence-corrected chi connectivity index (χ3v) is 5.00. The minimum atomic E-state index is -0.166. The smallest absolute Gasteiger partial charge is 0.123 e. The number of rotatable bonds is 6. The highest BCUT2D eigenvalue weighted by molar-refractivity contribution is 9.10. The largest absolute Gasteiger partial charge is 0.310 e. The molecule has 1 aromatic carbocycles. The van der Waals surface area contributed by atoms with E-state index in [1.54, 1.807) is 17.4 Å². The molecule has 0 spiro atoms. The van der Waals surface area contributed by atoms with Crippen molar-refractivity contribution >= 4 is 27.3 Å². The summed E-state index contributed by atoms with van der Waals surface area (Å²) in [5.74, 6) is -0.166. The van der Waals surface area contributed by atoms with E-state index in [1.165, 1.54) is 10.9 Å². The third kappa shape index (κ3) is 4.14. The number of aryl methyl sites for hydroxylation is 1. The highest BCUT2D eigenvalue weighted by atomic mass is 79.9. The lowest BCUT2D eigenvalue weighted by molar-refractivity contribution is 0.524. The highest BCUT2D eigenvalue weighted by Gasteiger charge is 2.15. The SMILES string of the molecule is CCCNC(Cc1cc(Br)cs1)c1cc(F)ccc1C. The van der Waals surface area contributed by atoms with Gasteiger partial charge in [0.1, 0.15) is 5.82 Å². The van der Waals surface area contributed by atoms with E-state index in [-0.39, 0.29) is 11.9 Å². The molecule has 0 aliphatic carbocycles. The molecule has 20 heavy (non-hydrogen) atoms. The van der Waals surface area contributed by atoms with Gasteiger partial charge >= 0.3 is 0 Å². The Labute approximate surface area is 132 Å². The van der Waals surface area contributed by atoms with Crippen molar-refractivity contribution in [2.24, 2.45) is 0 Å². The van der Waals surface area contributed by atoms with E-state index in [9.17, 15) is 4.39 Å². The first-order chi connectivity index (χ1) is 9.60. The van der Waals surface area contributed by atoms with Crippen LogP contribution in [0.25, 0.3) is 0 Å². The number of hydrogen-bond donors (Lipinski definition) is 1. The average molecular weight is 356 g/mol.